The van der Waals surface area contributed by atoms with E-state index in [2.05, 4.69) is 0 Å². The number of hydrogen-bond acceptors (Lipinski definition) is 0. The summed E-state index contributed by atoms with van der Waals surface area (Å²) in [4.78, 5) is 0. The van der Waals surface area contributed by atoms with Crippen molar-refractivity contribution in [2.75, 3.05) is 0 Å². The van der Waals surface area contributed by atoms with Gasteiger partial charge in [0.2, 0.25) is 0 Å². The summed E-state index contributed by atoms with van der Waals surface area (Å²) in [6.45, 7) is 0. The summed E-state index contributed by atoms with van der Waals surface area (Å²) in [5, 5.41) is 0. The number of rotatable bonds is 6. The van der Waals surface area contributed by atoms with E-state index in [1.54, 1.807) is 0 Å². The molecule has 0 heterocycles. The molecule has 0 saturated heterocycles. The van der Waals surface area contributed by atoms with E-state index in [9.17, 15) is 43.9 Å². The van der Waals surface area contributed by atoms with E-state index < -0.39 is 67.1 Å². The van der Waals surface area contributed by atoms with E-state index in [0.29, 0.717) is 0 Å². The van der Waals surface area contributed by atoms with Crippen molar-refractivity contribution in [1.29, 1.82) is 0 Å². The summed E-state index contributed by atoms with van der Waals surface area (Å²) in [5.41, 5.74) is 0. The second-order valence-electron chi connectivity index (χ2n) is 3.76. The van der Waals surface area contributed by atoms with Crippen LogP contribution in [0.4, 0.5) is 43.9 Å². The molecular formula is C8H8F10Sn. The summed E-state index contributed by atoms with van der Waals surface area (Å²) in [6, 6.07) is 0. The summed E-state index contributed by atoms with van der Waals surface area (Å²) < 4.78 is 113. The van der Waals surface area contributed by atoms with Gasteiger partial charge in [0.15, 0.2) is 0 Å². The van der Waals surface area contributed by atoms with Gasteiger partial charge in [-0.05, 0) is 0 Å². The molecule has 0 aliphatic heterocycles. The van der Waals surface area contributed by atoms with Crippen LogP contribution in [0.5, 0.6) is 0 Å². The number of halogens is 10. The molecule has 0 aromatic rings. The van der Waals surface area contributed by atoms with E-state index >= 15 is 0 Å². The van der Waals surface area contributed by atoms with Crippen LogP contribution in [0.3, 0.4) is 0 Å². The van der Waals surface area contributed by atoms with Gasteiger partial charge in [0, 0.05) is 0 Å². The van der Waals surface area contributed by atoms with Crippen LogP contribution in [0.25, 0.3) is 0 Å². The standard InChI is InChI=1S/2C4H4F5.Sn/c2*5-3(6)1-2-4(7,8)9;/h2*1-2H2;. The van der Waals surface area contributed by atoms with Gasteiger partial charge < -0.3 is 0 Å². The van der Waals surface area contributed by atoms with Crippen LogP contribution < -0.4 is 0 Å². The first-order chi connectivity index (χ1) is 8.12. The van der Waals surface area contributed by atoms with Crippen molar-refractivity contribution in [3.8, 4) is 0 Å². The van der Waals surface area contributed by atoms with Crippen LogP contribution in [-0.2, 0) is 0 Å². The Morgan fingerprint density at radius 1 is 0.474 bits per heavy atom. The van der Waals surface area contributed by atoms with E-state index in [4.69, 9.17) is 0 Å². The fraction of sp³-hybridized carbons (Fsp3) is 1.00. The Morgan fingerprint density at radius 2 is 0.737 bits per heavy atom. The van der Waals surface area contributed by atoms with Gasteiger partial charge in [-0.1, -0.05) is 0 Å². The summed E-state index contributed by atoms with van der Waals surface area (Å²) in [7, 11) is 0. The molecule has 11 heteroatoms. The second-order valence-corrected chi connectivity index (χ2v) is 8.65. The van der Waals surface area contributed by atoms with E-state index in [1.807, 2.05) is 0 Å². The molecule has 0 aliphatic rings. The number of alkyl halides is 10. The molecule has 0 N–H and O–H groups in total. The van der Waals surface area contributed by atoms with Gasteiger partial charge in [-0.25, -0.2) is 0 Å². The molecule has 0 atom stereocenters. The molecule has 0 unspecified atom stereocenters. The van der Waals surface area contributed by atoms with Crippen molar-refractivity contribution in [3.63, 3.8) is 0 Å². The van der Waals surface area contributed by atoms with Crippen LogP contribution in [0.1, 0.15) is 25.7 Å². The molecule has 0 amide bonds. The monoisotopic (exact) mass is 414 g/mol. The van der Waals surface area contributed by atoms with Gasteiger partial charge in [0.05, 0.1) is 0 Å². The third-order valence-electron chi connectivity index (χ3n) is 1.81. The van der Waals surface area contributed by atoms with Gasteiger partial charge in [0.25, 0.3) is 0 Å². The summed E-state index contributed by atoms with van der Waals surface area (Å²) in [6.07, 6.45) is -17.3. The average molecular weight is 413 g/mol. The quantitative estimate of drug-likeness (QED) is 0.443. The van der Waals surface area contributed by atoms with E-state index in [-0.39, 0.29) is 0 Å². The molecule has 0 aromatic heterocycles. The van der Waals surface area contributed by atoms with E-state index in [0.717, 1.165) is 0 Å². The minimum absolute atomic E-state index is 1.80. The molecule has 0 spiro atoms. The Labute approximate surface area is 111 Å². The molecule has 19 heavy (non-hydrogen) atoms. The van der Waals surface area contributed by atoms with Crippen LogP contribution >= 0.6 is 0 Å². The van der Waals surface area contributed by atoms with Gasteiger partial charge >= 0.3 is 111 Å². The van der Waals surface area contributed by atoms with Crippen molar-refractivity contribution >= 4 is 21.1 Å². The zero-order valence-corrected chi connectivity index (χ0v) is 12.0. The summed E-state index contributed by atoms with van der Waals surface area (Å²) >= 11 is -4.05. The predicted octanol–water partition coefficient (Wildman–Crippen LogP) is 4.56. The Kier molecular flexibility index (Phi) is 6.28. The van der Waals surface area contributed by atoms with Crippen molar-refractivity contribution in [3.05, 3.63) is 0 Å². The SMILES string of the molecule is FC(F)(F)CC[C](F)(F)[Sn][C](F)(F)CCC(F)(F)F. The Hall–Kier alpha value is 0.0987. The fourth-order valence-corrected chi connectivity index (χ4v) is 3.94. The normalized spacial score (nSPS) is 14.8. The third-order valence-corrected chi connectivity index (χ3v) is 5.33. The molecule has 0 fully saturated rings. The molecule has 2 radical (unpaired) electrons. The second kappa shape index (κ2) is 6.25. The molecule has 0 saturated carbocycles. The summed E-state index contributed by atoms with van der Waals surface area (Å²) in [5.74, 6) is 0. The van der Waals surface area contributed by atoms with Gasteiger partial charge in [-0.15, -0.1) is 0 Å². The average Bonchev–Trinajstić information content (AvgIpc) is 2.09. The molecule has 0 aliphatic carbocycles. The first-order valence-corrected chi connectivity index (χ1v) is 7.66. The van der Waals surface area contributed by atoms with Crippen molar-refractivity contribution in [2.45, 2.75) is 45.9 Å². The molecule has 0 rings (SSSR count). The van der Waals surface area contributed by atoms with Crippen LogP contribution in [0, 0.1) is 0 Å². The van der Waals surface area contributed by atoms with Crippen LogP contribution in [0.2, 0.25) is 0 Å². The minimum atomic E-state index is -4.91. The zero-order valence-electron chi connectivity index (χ0n) is 9.11. The molecule has 114 valence electrons. The predicted molar refractivity (Wildman–Crippen MR) is 46.2 cm³/mol. The van der Waals surface area contributed by atoms with Gasteiger partial charge in [-0.2, -0.15) is 0 Å². The van der Waals surface area contributed by atoms with Gasteiger partial charge in [-0.3, -0.25) is 0 Å². The molecular weight excluding hydrogens is 405 g/mol. The zero-order chi connectivity index (χ0) is 15.5. The van der Waals surface area contributed by atoms with E-state index in [1.165, 1.54) is 0 Å². The topological polar surface area (TPSA) is 0 Å². The van der Waals surface area contributed by atoms with Crippen LogP contribution in [-0.4, -0.2) is 41.4 Å². The van der Waals surface area contributed by atoms with Gasteiger partial charge in [0.1, 0.15) is 0 Å². The van der Waals surface area contributed by atoms with Crippen molar-refractivity contribution < 1.29 is 43.9 Å². The first kappa shape index (κ1) is 19.1. The number of hydrogen-bond donors (Lipinski definition) is 0. The maximum absolute atomic E-state index is 12.9. The van der Waals surface area contributed by atoms with Crippen LogP contribution in [0.15, 0.2) is 0 Å². The Morgan fingerprint density at radius 3 is 0.947 bits per heavy atom. The molecule has 0 aromatic carbocycles. The Bertz CT molecular complexity index is 250. The Balaban J connectivity index is 4.37. The first-order valence-electron chi connectivity index (χ1n) is 4.80. The maximum atomic E-state index is 12.9. The molecule has 0 bridgehead atoms. The fourth-order valence-electron chi connectivity index (χ4n) is 0.990. The van der Waals surface area contributed by atoms with Crippen molar-refractivity contribution in [1.82, 2.24) is 0 Å². The molecule has 0 nitrogen and oxygen atoms in total. The van der Waals surface area contributed by atoms with Crippen molar-refractivity contribution in [2.24, 2.45) is 0 Å². The third kappa shape index (κ3) is 11.6.